The van der Waals surface area contributed by atoms with E-state index in [1.807, 2.05) is 52.0 Å². The lowest BCUT2D eigenvalue weighted by atomic mass is 9.83. The Balaban J connectivity index is 2.32. The van der Waals surface area contributed by atoms with Crippen LogP contribution in [0.5, 0.6) is 0 Å². The van der Waals surface area contributed by atoms with E-state index in [0.717, 1.165) is 11.1 Å². The predicted octanol–water partition coefficient (Wildman–Crippen LogP) is 5.42. The molecule has 1 aliphatic heterocycles. The van der Waals surface area contributed by atoms with Gasteiger partial charge in [0.2, 0.25) is 0 Å². The van der Waals surface area contributed by atoms with Crippen molar-refractivity contribution in [2.75, 3.05) is 0 Å². The van der Waals surface area contributed by atoms with Gasteiger partial charge in [-0.05, 0) is 78.7 Å². The van der Waals surface area contributed by atoms with Crippen LogP contribution >= 0.6 is 0 Å². The summed E-state index contributed by atoms with van der Waals surface area (Å²) in [5.74, 6) is 6.36. The van der Waals surface area contributed by atoms with Crippen molar-refractivity contribution >= 4 is 12.7 Å². The van der Waals surface area contributed by atoms with Crippen LogP contribution < -0.4 is 0 Å². The fourth-order valence-electron chi connectivity index (χ4n) is 2.35. The minimum atomic E-state index is -0.977. The zero-order chi connectivity index (χ0) is 19.0. The molecule has 25 heavy (non-hydrogen) atoms. The molecule has 1 aromatic carbocycles. The molecule has 0 bridgehead atoms. The van der Waals surface area contributed by atoms with Crippen molar-refractivity contribution in [3.05, 3.63) is 41.1 Å². The first-order valence-corrected chi connectivity index (χ1v) is 8.68. The molecule has 0 aromatic heterocycles. The first-order chi connectivity index (χ1) is 11.3. The Hall–Kier alpha value is -1.57. The van der Waals surface area contributed by atoms with Crippen molar-refractivity contribution in [2.45, 2.75) is 66.6 Å². The second kappa shape index (κ2) is 6.63. The molecule has 1 fully saturated rings. The summed E-state index contributed by atoms with van der Waals surface area (Å²) in [5.41, 5.74) is 0.582. The third kappa shape index (κ3) is 4.54. The maximum Gasteiger partial charge on any atom is 0.525 e. The van der Waals surface area contributed by atoms with Gasteiger partial charge in [-0.25, -0.2) is 4.39 Å². The van der Waals surface area contributed by atoms with Crippen LogP contribution in [0.4, 0.5) is 4.39 Å². The average Bonchev–Trinajstić information content (AvgIpc) is 2.71. The summed E-state index contributed by atoms with van der Waals surface area (Å²) in [7, 11) is -0.977. The van der Waals surface area contributed by atoms with Crippen LogP contribution in [0.15, 0.2) is 30.0 Å². The Labute approximate surface area is 151 Å². The fourth-order valence-corrected chi connectivity index (χ4v) is 2.35. The zero-order valence-corrected chi connectivity index (χ0v) is 16.6. The smallest absolute Gasteiger partial charge is 0.398 e. The Morgan fingerprint density at radius 2 is 1.64 bits per heavy atom. The summed E-state index contributed by atoms with van der Waals surface area (Å²) in [5, 5.41) is 0. The molecule has 1 aliphatic rings. The second-order valence-electron chi connectivity index (χ2n) is 8.64. The van der Waals surface area contributed by atoms with E-state index in [-0.39, 0.29) is 11.1 Å². The molecule has 1 heterocycles. The topological polar surface area (TPSA) is 18.5 Å². The second-order valence-corrected chi connectivity index (χ2v) is 8.64. The highest BCUT2D eigenvalue weighted by molar-refractivity contribution is 6.55. The van der Waals surface area contributed by atoms with E-state index in [4.69, 9.17) is 9.31 Å². The number of hydrogen-bond donors (Lipinski definition) is 0. The van der Waals surface area contributed by atoms with Gasteiger partial charge in [-0.1, -0.05) is 24.0 Å². The molecular weight excluding hydrogens is 314 g/mol. The van der Waals surface area contributed by atoms with Gasteiger partial charge in [0.05, 0.1) is 11.2 Å². The minimum absolute atomic E-state index is 0.0746. The molecule has 0 atom stereocenters. The Morgan fingerprint density at radius 1 is 1.08 bits per heavy atom. The third-order valence-electron chi connectivity index (χ3n) is 4.70. The average molecular weight is 342 g/mol. The molecule has 1 aromatic rings. The molecule has 4 heteroatoms. The normalized spacial score (nSPS) is 20.0. The number of benzene rings is 1. The monoisotopic (exact) mass is 342 g/mol. The van der Waals surface area contributed by atoms with Gasteiger partial charge in [0.25, 0.3) is 0 Å². The van der Waals surface area contributed by atoms with Crippen molar-refractivity contribution in [3.8, 4) is 11.8 Å². The molecule has 0 unspecified atom stereocenters. The lowest BCUT2D eigenvalue weighted by Crippen LogP contribution is -2.41. The molecule has 0 radical (unpaired) electrons. The Morgan fingerprint density at radius 3 is 2.16 bits per heavy atom. The minimum Gasteiger partial charge on any atom is -0.398 e. The quantitative estimate of drug-likeness (QED) is 0.528. The van der Waals surface area contributed by atoms with Crippen LogP contribution in [0.1, 0.15) is 66.5 Å². The summed E-state index contributed by atoms with van der Waals surface area (Å²) in [6.45, 7) is 15.6. The van der Waals surface area contributed by atoms with Gasteiger partial charge in [0.15, 0.2) is 0 Å². The maximum atomic E-state index is 15.0. The molecule has 2 rings (SSSR count). The van der Waals surface area contributed by atoms with Crippen LogP contribution in [0.3, 0.4) is 0 Å². The van der Waals surface area contributed by atoms with Gasteiger partial charge in [0, 0.05) is 11.0 Å². The molecule has 0 amide bonds. The summed E-state index contributed by atoms with van der Waals surface area (Å²) < 4.78 is 26.6. The van der Waals surface area contributed by atoms with Gasteiger partial charge in [0.1, 0.15) is 5.73 Å². The first-order valence-electron chi connectivity index (χ1n) is 8.68. The predicted molar refractivity (Wildman–Crippen MR) is 103 cm³/mol. The van der Waals surface area contributed by atoms with Gasteiger partial charge < -0.3 is 9.31 Å². The van der Waals surface area contributed by atoms with Crippen molar-refractivity contribution < 1.29 is 13.7 Å². The highest BCUT2D eigenvalue weighted by Crippen LogP contribution is 2.40. The Kier molecular flexibility index (Phi) is 5.24. The number of rotatable bonds is 2. The van der Waals surface area contributed by atoms with E-state index in [0.29, 0.717) is 5.57 Å². The maximum absolute atomic E-state index is 15.0. The summed E-state index contributed by atoms with van der Waals surface area (Å²) in [6.07, 6.45) is 0. The molecule has 2 nitrogen and oxygen atoms in total. The van der Waals surface area contributed by atoms with Crippen molar-refractivity contribution in [1.82, 2.24) is 0 Å². The van der Waals surface area contributed by atoms with E-state index < -0.39 is 18.3 Å². The number of hydrogen-bond acceptors (Lipinski definition) is 2. The molecule has 134 valence electrons. The summed E-state index contributed by atoms with van der Waals surface area (Å²) in [4.78, 5) is 0. The molecule has 0 saturated carbocycles. The first kappa shape index (κ1) is 19.8. The van der Waals surface area contributed by atoms with E-state index >= 15 is 0 Å². The van der Waals surface area contributed by atoms with E-state index in [2.05, 4.69) is 32.6 Å². The van der Waals surface area contributed by atoms with E-state index in [9.17, 15) is 4.39 Å². The molecule has 0 N–H and O–H groups in total. The Bertz CT molecular complexity index is 729. The molecular formula is C21H28BFO2. The van der Waals surface area contributed by atoms with Gasteiger partial charge in [-0.2, -0.15) is 0 Å². The molecule has 0 aliphatic carbocycles. The lowest BCUT2D eigenvalue weighted by Gasteiger charge is -2.32. The summed E-state index contributed by atoms with van der Waals surface area (Å²) >= 11 is 0. The number of halogens is 1. The van der Waals surface area contributed by atoms with E-state index in [1.54, 1.807) is 6.92 Å². The molecule has 1 saturated heterocycles. The largest absolute Gasteiger partial charge is 0.525 e. The van der Waals surface area contributed by atoms with Crippen molar-refractivity contribution in [3.63, 3.8) is 0 Å². The van der Waals surface area contributed by atoms with Crippen LogP contribution in [0, 0.1) is 17.3 Å². The van der Waals surface area contributed by atoms with Gasteiger partial charge >= 0.3 is 7.12 Å². The van der Waals surface area contributed by atoms with Crippen molar-refractivity contribution in [1.29, 1.82) is 0 Å². The van der Waals surface area contributed by atoms with Crippen molar-refractivity contribution in [2.24, 2.45) is 5.41 Å². The fraction of sp³-hybridized carbons (Fsp3) is 0.524. The highest BCUT2D eigenvalue weighted by Gasteiger charge is 2.53. The van der Waals surface area contributed by atoms with Gasteiger partial charge in [-0.15, -0.1) is 0 Å². The van der Waals surface area contributed by atoms with Crippen LogP contribution in [-0.4, -0.2) is 18.3 Å². The van der Waals surface area contributed by atoms with Crippen LogP contribution in [0.2, 0.25) is 0 Å². The number of allylic oxidation sites excluding steroid dienone is 1. The third-order valence-corrected chi connectivity index (χ3v) is 4.70. The van der Waals surface area contributed by atoms with Crippen LogP contribution in [-0.2, 0) is 9.31 Å². The lowest BCUT2D eigenvalue weighted by molar-refractivity contribution is 0.00578. The van der Waals surface area contributed by atoms with E-state index in [1.165, 1.54) is 0 Å². The summed E-state index contributed by atoms with van der Waals surface area (Å²) in [6, 6.07) is 7.60. The standard InChI is InChI=1S/C21H28BFO2/c1-15(18(23)22-24-20(5,6)21(7,8)25-22)17-11-9-10-16(14-17)12-13-19(2,3)4/h9-11,14H,1-8H3. The van der Waals surface area contributed by atoms with Gasteiger partial charge in [-0.3, -0.25) is 0 Å². The van der Waals surface area contributed by atoms with Crippen LogP contribution in [0.25, 0.3) is 5.57 Å². The SMILES string of the molecule is CC(=C(F)B1OC(C)(C)C(C)(C)O1)c1cccc(C#CC(C)(C)C)c1. The highest BCUT2D eigenvalue weighted by atomic mass is 19.1. The zero-order valence-electron chi connectivity index (χ0n) is 16.6. The molecule has 0 spiro atoms.